The van der Waals surface area contributed by atoms with E-state index in [0.717, 1.165) is 17.2 Å². The Kier molecular flexibility index (Phi) is 5.89. The minimum atomic E-state index is -0.974. The molecule has 0 fully saturated rings. The van der Waals surface area contributed by atoms with Crippen molar-refractivity contribution < 1.29 is 23.4 Å². The molecule has 144 valence electrons. The summed E-state index contributed by atoms with van der Waals surface area (Å²) in [6.45, 7) is 2.40. The maximum Gasteiger partial charge on any atom is 0.335 e. The average molecular weight is 383 g/mol. The number of halogens is 2. The van der Waals surface area contributed by atoms with Gasteiger partial charge in [-0.05, 0) is 54.4 Å². The van der Waals surface area contributed by atoms with E-state index in [0.29, 0.717) is 18.0 Å². The maximum atomic E-state index is 13.7. The largest absolute Gasteiger partial charge is 0.489 e. The summed E-state index contributed by atoms with van der Waals surface area (Å²) in [5.41, 5.74) is 3.08. The lowest BCUT2D eigenvalue weighted by molar-refractivity contribution is 0.0697. The number of rotatable bonds is 7. The van der Waals surface area contributed by atoms with Gasteiger partial charge in [0, 0.05) is 23.9 Å². The molecule has 0 spiro atoms. The zero-order valence-electron chi connectivity index (χ0n) is 15.2. The molecule has 0 bridgehead atoms. The average Bonchev–Trinajstić information content (AvgIpc) is 2.67. The van der Waals surface area contributed by atoms with Gasteiger partial charge in [0.1, 0.15) is 24.0 Å². The second-order valence-electron chi connectivity index (χ2n) is 6.36. The van der Waals surface area contributed by atoms with E-state index in [1.165, 1.54) is 18.2 Å². The number of anilines is 1. The molecule has 0 aromatic heterocycles. The van der Waals surface area contributed by atoms with E-state index in [9.17, 15) is 13.6 Å². The Hall–Kier alpha value is -3.41. The fourth-order valence-corrected chi connectivity index (χ4v) is 2.74. The monoisotopic (exact) mass is 383 g/mol. The van der Waals surface area contributed by atoms with E-state index in [2.05, 4.69) is 5.32 Å². The number of carboxylic acid groups (broad SMARTS) is 1. The molecule has 0 amide bonds. The van der Waals surface area contributed by atoms with Gasteiger partial charge in [-0.3, -0.25) is 0 Å². The third-order valence-electron chi connectivity index (χ3n) is 4.24. The Bertz CT molecular complexity index is 1000. The molecule has 3 rings (SSSR count). The molecule has 0 saturated carbocycles. The molecular weight excluding hydrogens is 364 g/mol. The summed E-state index contributed by atoms with van der Waals surface area (Å²) in [7, 11) is 0. The second-order valence-corrected chi connectivity index (χ2v) is 6.36. The predicted octanol–water partition coefficient (Wildman–Crippen LogP) is 5.16. The van der Waals surface area contributed by atoms with Crippen molar-refractivity contribution in [2.24, 2.45) is 0 Å². The molecule has 0 atom stereocenters. The summed E-state index contributed by atoms with van der Waals surface area (Å²) in [6.07, 6.45) is 0. The van der Waals surface area contributed by atoms with Crippen LogP contribution in [0.1, 0.15) is 27.0 Å². The van der Waals surface area contributed by atoms with Crippen LogP contribution >= 0.6 is 0 Å². The van der Waals surface area contributed by atoms with Crippen molar-refractivity contribution >= 4 is 11.7 Å². The molecule has 6 heteroatoms. The van der Waals surface area contributed by atoms with Crippen LogP contribution in [0.15, 0.2) is 60.7 Å². The molecule has 0 radical (unpaired) electrons. The highest BCUT2D eigenvalue weighted by Gasteiger charge is 2.07. The number of ether oxygens (including phenoxy) is 1. The lowest BCUT2D eigenvalue weighted by atomic mass is 10.1. The maximum absolute atomic E-state index is 13.7. The fourth-order valence-electron chi connectivity index (χ4n) is 2.74. The van der Waals surface area contributed by atoms with Gasteiger partial charge in [-0.1, -0.05) is 18.2 Å². The molecule has 3 aromatic rings. The Morgan fingerprint density at radius 2 is 1.89 bits per heavy atom. The fraction of sp³-hybridized carbons (Fsp3) is 0.136. The number of benzene rings is 3. The summed E-state index contributed by atoms with van der Waals surface area (Å²) in [5.74, 6) is -1.62. The number of carboxylic acids is 1. The summed E-state index contributed by atoms with van der Waals surface area (Å²) < 4.78 is 32.3. The van der Waals surface area contributed by atoms with Gasteiger partial charge >= 0.3 is 5.97 Å². The van der Waals surface area contributed by atoms with Crippen LogP contribution in [0.3, 0.4) is 0 Å². The molecule has 0 aliphatic heterocycles. The topological polar surface area (TPSA) is 58.6 Å². The van der Waals surface area contributed by atoms with Gasteiger partial charge in [-0.25, -0.2) is 13.6 Å². The van der Waals surface area contributed by atoms with E-state index in [1.54, 1.807) is 24.3 Å². The highest BCUT2D eigenvalue weighted by molar-refractivity contribution is 5.88. The second kappa shape index (κ2) is 8.52. The van der Waals surface area contributed by atoms with E-state index < -0.39 is 17.6 Å². The zero-order valence-corrected chi connectivity index (χ0v) is 15.2. The first kappa shape index (κ1) is 19.4. The summed E-state index contributed by atoms with van der Waals surface area (Å²) in [6, 6.07) is 15.6. The normalized spacial score (nSPS) is 10.5. The van der Waals surface area contributed by atoms with Crippen LogP contribution in [-0.4, -0.2) is 11.1 Å². The van der Waals surface area contributed by atoms with E-state index in [-0.39, 0.29) is 17.7 Å². The van der Waals surface area contributed by atoms with Crippen molar-refractivity contribution in [3.8, 4) is 5.75 Å². The SMILES string of the molecule is Cc1cc(CNc2cccc(C(=O)O)c2)ccc1OCc1ccc(F)cc1F. The Labute approximate surface area is 161 Å². The first-order valence-electron chi connectivity index (χ1n) is 8.66. The van der Waals surface area contributed by atoms with Crippen LogP contribution in [-0.2, 0) is 13.2 Å². The van der Waals surface area contributed by atoms with Crippen molar-refractivity contribution in [1.29, 1.82) is 0 Å². The molecule has 0 unspecified atom stereocenters. The number of carbonyl (C=O) groups is 1. The van der Waals surface area contributed by atoms with Crippen LogP contribution in [0.25, 0.3) is 0 Å². The lowest BCUT2D eigenvalue weighted by Gasteiger charge is -2.12. The third kappa shape index (κ3) is 4.85. The summed E-state index contributed by atoms with van der Waals surface area (Å²) in [5, 5.41) is 12.2. The van der Waals surface area contributed by atoms with Crippen molar-refractivity contribution in [3.63, 3.8) is 0 Å². The van der Waals surface area contributed by atoms with Gasteiger partial charge in [-0.15, -0.1) is 0 Å². The molecule has 3 aromatic carbocycles. The minimum Gasteiger partial charge on any atom is -0.489 e. The molecule has 0 aliphatic rings. The van der Waals surface area contributed by atoms with Gasteiger partial charge in [0.2, 0.25) is 0 Å². The minimum absolute atomic E-state index is 0.00648. The molecular formula is C22H19F2NO3. The number of hydrogen-bond donors (Lipinski definition) is 2. The Morgan fingerprint density at radius 1 is 1.07 bits per heavy atom. The van der Waals surface area contributed by atoms with E-state index >= 15 is 0 Å². The lowest BCUT2D eigenvalue weighted by Crippen LogP contribution is -2.03. The first-order chi connectivity index (χ1) is 13.4. The van der Waals surface area contributed by atoms with E-state index in [4.69, 9.17) is 9.84 Å². The number of aryl methyl sites for hydroxylation is 1. The molecule has 2 N–H and O–H groups in total. The molecule has 0 aliphatic carbocycles. The van der Waals surface area contributed by atoms with Gasteiger partial charge in [0.05, 0.1) is 5.56 Å². The Balaban J connectivity index is 1.62. The van der Waals surface area contributed by atoms with Crippen LogP contribution in [0.4, 0.5) is 14.5 Å². The van der Waals surface area contributed by atoms with Crippen LogP contribution in [0.2, 0.25) is 0 Å². The smallest absolute Gasteiger partial charge is 0.335 e. The Morgan fingerprint density at radius 3 is 2.61 bits per heavy atom. The summed E-state index contributed by atoms with van der Waals surface area (Å²) in [4.78, 5) is 11.0. The van der Waals surface area contributed by atoms with Crippen LogP contribution in [0, 0.1) is 18.6 Å². The highest BCUT2D eigenvalue weighted by Crippen LogP contribution is 2.22. The summed E-state index contributed by atoms with van der Waals surface area (Å²) >= 11 is 0. The van der Waals surface area contributed by atoms with E-state index in [1.807, 2.05) is 19.1 Å². The van der Waals surface area contributed by atoms with Gasteiger partial charge in [-0.2, -0.15) is 0 Å². The number of aromatic carboxylic acids is 1. The van der Waals surface area contributed by atoms with Crippen molar-refractivity contribution in [2.75, 3.05) is 5.32 Å². The van der Waals surface area contributed by atoms with Crippen molar-refractivity contribution in [1.82, 2.24) is 0 Å². The predicted molar refractivity (Wildman–Crippen MR) is 103 cm³/mol. The quantitative estimate of drug-likeness (QED) is 0.592. The third-order valence-corrected chi connectivity index (χ3v) is 4.24. The van der Waals surface area contributed by atoms with Crippen LogP contribution in [0.5, 0.6) is 5.75 Å². The van der Waals surface area contributed by atoms with Crippen LogP contribution < -0.4 is 10.1 Å². The molecule has 4 nitrogen and oxygen atoms in total. The molecule has 0 heterocycles. The van der Waals surface area contributed by atoms with Gasteiger partial charge in [0.25, 0.3) is 0 Å². The standard InChI is InChI=1S/C22H19F2NO3/c1-14-9-15(12-25-19-4-2-3-16(10-19)22(26)27)5-8-21(14)28-13-17-6-7-18(23)11-20(17)24/h2-11,25H,12-13H2,1H3,(H,26,27). The highest BCUT2D eigenvalue weighted by atomic mass is 19.1. The molecule has 28 heavy (non-hydrogen) atoms. The zero-order chi connectivity index (χ0) is 20.1. The van der Waals surface area contributed by atoms with Gasteiger partial charge < -0.3 is 15.2 Å². The first-order valence-corrected chi connectivity index (χ1v) is 8.66. The van der Waals surface area contributed by atoms with Gasteiger partial charge in [0.15, 0.2) is 0 Å². The number of nitrogens with one attached hydrogen (secondary N) is 1. The number of hydrogen-bond acceptors (Lipinski definition) is 3. The van der Waals surface area contributed by atoms with Crippen molar-refractivity contribution in [2.45, 2.75) is 20.1 Å². The molecule has 0 saturated heterocycles. The van der Waals surface area contributed by atoms with Crippen molar-refractivity contribution in [3.05, 3.63) is 94.6 Å².